The van der Waals surface area contributed by atoms with Crippen molar-refractivity contribution in [2.75, 3.05) is 0 Å². The van der Waals surface area contributed by atoms with Gasteiger partial charge in [-0.2, -0.15) is 9.97 Å². The maximum atomic E-state index is 5.08. The lowest BCUT2D eigenvalue weighted by Crippen LogP contribution is -2.15. The Bertz CT molecular complexity index is 8750. The van der Waals surface area contributed by atoms with E-state index in [1.54, 1.807) is 0 Å². The summed E-state index contributed by atoms with van der Waals surface area (Å²) in [4.78, 5) is 34.9. The van der Waals surface area contributed by atoms with Gasteiger partial charge in [0.05, 0.1) is 33.1 Å². The Kier molecular flexibility index (Phi) is 17.6. The molecule has 0 aliphatic heterocycles. The van der Waals surface area contributed by atoms with Crippen molar-refractivity contribution in [1.29, 1.82) is 0 Å². The molecule has 0 amide bonds. The second-order valence-electron chi connectivity index (χ2n) is 35.0. The summed E-state index contributed by atoms with van der Waals surface area (Å²) in [5.74, 6) is 4.83. The fraction of sp³-hybridized carbons (Fsp3) is 0.0504. The van der Waals surface area contributed by atoms with Crippen LogP contribution in [0.15, 0.2) is 413 Å². The van der Waals surface area contributed by atoms with Gasteiger partial charge in [0.15, 0.2) is 29.1 Å². The predicted octanol–water partition coefficient (Wildman–Crippen LogP) is 30.6. The minimum absolute atomic E-state index is 0.101. The van der Waals surface area contributed by atoms with E-state index in [9.17, 15) is 0 Å². The molecule has 0 bridgehead atoms. The average molecular weight is 1680 g/mol. The lowest BCUT2D eigenvalue weighted by atomic mass is 9.80. The van der Waals surface area contributed by atoms with E-state index in [4.69, 9.17) is 34.9 Å². The van der Waals surface area contributed by atoms with Gasteiger partial charge in [0, 0.05) is 109 Å². The van der Waals surface area contributed by atoms with E-state index in [1.165, 1.54) is 157 Å². The SMILES string of the molecule is CC1(C)c2ccccc2-c2ccc3c(c21)c1ccccc1n3-c1ccc(-c2nc(-c3ccccc3)nc(-c3ccccc3)n2)cc1.CC1(C)c2ccccc2-c2ccc3c(c21)c1ccccc1n3-c1nc(-c2ccccc2)nc(-c2ccccc2)n1.c1ccc2c(c1)sc1c2ccc2c1c1ccccc1n2-c1ccc(-c2ccc3c4ccccc4c4ccccc4c3c2)cn1. The summed E-state index contributed by atoms with van der Waals surface area (Å²) in [6.07, 6.45) is 2.03. The van der Waals surface area contributed by atoms with Crippen molar-refractivity contribution in [3.63, 3.8) is 0 Å². The Hall–Kier alpha value is -16.5. The summed E-state index contributed by atoms with van der Waals surface area (Å²) < 4.78 is 9.59. The van der Waals surface area contributed by atoms with Crippen LogP contribution in [0.4, 0.5) is 0 Å². The molecule has 7 heterocycles. The second-order valence-corrected chi connectivity index (χ2v) is 36.0. The summed E-state index contributed by atoms with van der Waals surface area (Å²) in [5, 5.41) is 18.0. The highest BCUT2D eigenvalue weighted by atomic mass is 32.1. The van der Waals surface area contributed by atoms with Crippen LogP contribution in [0.25, 0.3) is 226 Å². The van der Waals surface area contributed by atoms with E-state index in [0.29, 0.717) is 35.1 Å². The molecule has 18 aromatic carbocycles. The first-order valence-electron chi connectivity index (χ1n) is 44.3. The van der Waals surface area contributed by atoms with Gasteiger partial charge in [-0.15, -0.1) is 11.3 Å². The van der Waals surface area contributed by atoms with Crippen molar-refractivity contribution in [3.8, 4) is 108 Å². The fourth-order valence-corrected chi connectivity index (χ4v) is 22.3. The standard InChI is InChI=1S/C42H30N4.C41H24N2S.C36H26N4/c1-42(2)34-19-11-9-17-31(34)32-25-26-36-37(38(32)42)33-18-10-12-20-35(33)46(36)30-23-21-29(22-24-30)41-44-39(27-13-5-3-6-14-27)43-40(45-41)28-15-7-4-8-16-28;1-2-11-29-27(9-1)28-10-3-4-12-30(28)35-23-25(17-19-31(29)35)26-18-22-39(42-24-26)43-36-15-7-5-14-34(36)40-37(43)21-20-33-32-13-6-8-16-38(32)44-41(33)40;1-36(2)28-19-11-9-17-25(28)26-21-22-30-31(32(26)36)27-18-10-12-20-29(27)40(30)35-38-33(23-13-5-3-6-14-23)37-34(39-35)24-15-7-4-8-16-24/h3-26H,1-2H3;1-24H;3-22H,1-2H3. The molecule has 0 spiro atoms. The van der Waals surface area contributed by atoms with Gasteiger partial charge in [-0.25, -0.2) is 24.9 Å². The van der Waals surface area contributed by atoms with E-state index in [-0.39, 0.29) is 10.8 Å². The molecule has 0 N–H and O–H groups in total. The number of hydrogen-bond donors (Lipinski definition) is 0. The quantitative estimate of drug-likeness (QED) is 0.133. The van der Waals surface area contributed by atoms with E-state index >= 15 is 0 Å². The highest BCUT2D eigenvalue weighted by molar-refractivity contribution is 7.26. The van der Waals surface area contributed by atoms with E-state index in [0.717, 1.165) is 55.9 Å². The number of thiophene rings is 1. The number of fused-ring (bicyclic) bond motifs is 27. The van der Waals surface area contributed by atoms with Crippen LogP contribution in [-0.4, -0.2) is 48.6 Å². The Morgan fingerprint density at radius 1 is 0.231 bits per heavy atom. The van der Waals surface area contributed by atoms with E-state index in [2.05, 4.69) is 327 Å². The maximum absolute atomic E-state index is 5.08. The number of para-hydroxylation sites is 3. The normalized spacial score (nSPS) is 12.9. The average Bonchev–Trinajstić information content (AvgIpc) is 1.54. The zero-order valence-corrected chi connectivity index (χ0v) is 72.5. The largest absolute Gasteiger partial charge is 0.309 e. The van der Waals surface area contributed by atoms with Gasteiger partial charge in [-0.1, -0.05) is 349 Å². The van der Waals surface area contributed by atoms with Crippen molar-refractivity contribution in [2.45, 2.75) is 38.5 Å². The number of aromatic nitrogens is 10. The number of benzene rings is 18. The van der Waals surface area contributed by atoms with Crippen LogP contribution in [0.2, 0.25) is 0 Å². The highest BCUT2D eigenvalue weighted by Crippen LogP contribution is 2.56. The number of nitrogens with zero attached hydrogens (tertiary/aromatic N) is 10. The molecule has 0 fully saturated rings. The van der Waals surface area contributed by atoms with Gasteiger partial charge >= 0.3 is 0 Å². The van der Waals surface area contributed by atoms with Gasteiger partial charge in [0.1, 0.15) is 5.82 Å². The molecule has 0 atom stereocenters. The third-order valence-electron chi connectivity index (χ3n) is 26.9. The molecule has 0 unspecified atom stereocenters. The molecule has 11 heteroatoms. The minimum atomic E-state index is -0.135. The number of pyridine rings is 1. The Morgan fingerprint density at radius 2 is 0.585 bits per heavy atom. The van der Waals surface area contributed by atoms with Crippen LogP contribution in [0, 0.1) is 0 Å². The van der Waals surface area contributed by atoms with Crippen molar-refractivity contribution in [1.82, 2.24) is 48.6 Å². The minimum Gasteiger partial charge on any atom is -0.309 e. The molecule has 130 heavy (non-hydrogen) atoms. The van der Waals surface area contributed by atoms with E-state index in [1.807, 2.05) is 139 Å². The molecular formula is C119H80N10S. The Labute approximate surface area is 753 Å². The molecule has 25 aromatic rings. The molecule has 10 nitrogen and oxygen atoms in total. The topological polar surface area (TPSA) is 105 Å². The molecule has 2 aliphatic carbocycles. The first-order valence-corrected chi connectivity index (χ1v) is 45.2. The van der Waals surface area contributed by atoms with Gasteiger partial charge in [0.25, 0.3) is 0 Å². The zero-order valence-electron chi connectivity index (χ0n) is 71.6. The van der Waals surface area contributed by atoms with E-state index < -0.39 is 0 Å². The maximum Gasteiger partial charge on any atom is 0.238 e. The predicted molar refractivity (Wildman–Crippen MR) is 540 cm³/mol. The third kappa shape index (κ3) is 12.1. The summed E-state index contributed by atoms with van der Waals surface area (Å²) in [6, 6.07) is 144. The Morgan fingerprint density at radius 3 is 1.08 bits per heavy atom. The molecule has 0 saturated carbocycles. The smallest absolute Gasteiger partial charge is 0.238 e. The molecular weight excluding hydrogens is 1600 g/mol. The highest BCUT2D eigenvalue weighted by Gasteiger charge is 2.40. The lowest BCUT2D eigenvalue weighted by molar-refractivity contribution is 0.666. The first kappa shape index (κ1) is 76.0. The van der Waals surface area contributed by atoms with Crippen molar-refractivity contribution in [3.05, 3.63) is 435 Å². The van der Waals surface area contributed by atoms with Crippen LogP contribution in [-0.2, 0) is 10.8 Å². The first-order chi connectivity index (χ1) is 64.0. The number of rotatable bonds is 9. The molecule has 612 valence electrons. The van der Waals surface area contributed by atoms with Gasteiger partial charge < -0.3 is 4.57 Å². The number of hydrogen-bond acceptors (Lipinski definition) is 8. The van der Waals surface area contributed by atoms with Crippen molar-refractivity contribution < 1.29 is 0 Å². The summed E-state index contributed by atoms with van der Waals surface area (Å²) in [6.45, 7) is 9.40. The third-order valence-corrected chi connectivity index (χ3v) is 28.1. The van der Waals surface area contributed by atoms with Crippen molar-refractivity contribution >= 4 is 129 Å². The second kappa shape index (κ2) is 30.1. The Balaban J connectivity index is 0.000000106. The summed E-state index contributed by atoms with van der Waals surface area (Å²) in [7, 11) is 0. The zero-order chi connectivity index (χ0) is 86.5. The van der Waals surface area contributed by atoms with Crippen LogP contribution in [0.3, 0.4) is 0 Å². The van der Waals surface area contributed by atoms with Crippen LogP contribution < -0.4 is 0 Å². The van der Waals surface area contributed by atoms with Gasteiger partial charge in [0.2, 0.25) is 5.95 Å². The van der Waals surface area contributed by atoms with Crippen LogP contribution in [0.5, 0.6) is 0 Å². The van der Waals surface area contributed by atoms with Crippen LogP contribution >= 0.6 is 11.3 Å². The summed E-state index contributed by atoms with van der Waals surface area (Å²) in [5.41, 5.74) is 25.7. The summed E-state index contributed by atoms with van der Waals surface area (Å²) >= 11 is 1.88. The van der Waals surface area contributed by atoms with Crippen LogP contribution in [0.1, 0.15) is 49.9 Å². The fourth-order valence-electron chi connectivity index (χ4n) is 21.0. The molecule has 0 saturated heterocycles. The van der Waals surface area contributed by atoms with Gasteiger partial charge in [-0.3, -0.25) is 9.13 Å². The monoisotopic (exact) mass is 1680 g/mol. The molecule has 0 radical (unpaired) electrons. The molecule has 27 rings (SSSR count). The molecule has 2 aliphatic rings. The molecule has 7 aromatic heterocycles. The van der Waals surface area contributed by atoms with Gasteiger partial charge in [-0.05, 0) is 167 Å². The van der Waals surface area contributed by atoms with Crippen molar-refractivity contribution in [2.24, 2.45) is 0 Å². The lowest BCUT2D eigenvalue weighted by Gasteiger charge is -2.22.